The van der Waals surface area contributed by atoms with Gasteiger partial charge in [0.1, 0.15) is 5.75 Å². The van der Waals surface area contributed by atoms with Gasteiger partial charge in [-0.1, -0.05) is 24.3 Å². The van der Waals surface area contributed by atoms with Gasteiger partial charge in [-0.05, 0) is 67.5 Å². The lowest BCUT2D eigenvalue weighted by Gasteiger charge is -2.30. The quantitative estimate of drug-likeness (QED) is 0.714. The van der Waals surface area contributed by atoms with Crippen LogP contribution in [0.25, 0.3) is 10.9 Å². The molecule has 0 aliphatic heterocycles. The van der Waals surface area contributed by atoms with Crippen molar-refractivity contribution in [1.82, 2.24) is 15.1 Å². The van der Waals surface area contributed by atoms with Crippen molar-refractivity contribution in [2.75, 3.05) is 27.2 Å². The number of hydrogen-bond donors (Lipinski definition) is 1. The number of aromatic nitrogens is 2. The molecule has 0 amide bonds. The number of hydrogen-bond acceptors (Lipinski definition) is 4. The van der Waals surface area contributed by atoms with E-state index in [4.69, 9.17) is 4.74 Å². The normalized spacial score (nSPS) is 16.3. The zero-order chi connectivity index (χ0) is 19.5. The van der Waals surface area contributed by atoms with Crippen LogP contribution in [0.2, 0.25) is 0 Å². The molecule has 5 nitrogen and oxygen atoms in total. The lowest BCUT2D eigenvalue weighted by atomic mass is 9.82. The van der Waals surface area contributed by atoms with E-state index in [0.717, 1.165) is 42.6 Å². The number of rotatable bonds is 6. The SMILES string of the molecule is COc1cccc2c1CCCC2CN(C)CCc1ccc2cc(=O)[nH]nc2c1. The fraction of sp³-hybridized carbons (Fsp3) is 0.391. The number of benzene rings is 2. The Bertz CT molecular complexity index is 1030. The summed E-state index contributed by atoms with van der Waals surface area (Å²) in [6.07, 6.45) is 4.54. The zero-order valence-electron chi connectivity index (χ0n) is 16.6. The fourth-order valence-corrected chi connectivity index (χ4v) is 4.33. The van der Waals surface area contributed by atoms with E-state index < -0.39 is 0 Å². The Labute approximate surface area is 165 Å². The Morgan fingerprint density at radius 3 is 3.00 bits per heavy atom. The largest absolute Gasteiger partial charge is 0.496 e. The van der Waals surface area contributed by atoms with Crippen molar-refractivity contribution in [3.8, 4) is 5.75 Å². The number of H-pyrrole nitrogens is 1. The highest BCUT2D eigenvalue weighted by Gasteiger charge is 2.23. The fourth-order valence-electron chi connectivity index (χ4n) is 4.33. The number of nitrogens with zero attached hydrogens (tertiary/aromatic N) is 2. The van der Waals surface area contributed by atoms with Crippen LogP contribution in [0.5, 0.6) is 5.75 Å². The second-order valence-corrected chi connectivity index (χ2v) is 7.75. The smallest absolute Gasteiger partial charge is 0.264 e. The van der Waals surface area contributed by atoms with Gasteiger partial charge in [-0.25, -0.2) is 5.10 Å². The molecular formula is C23H27N3O2. The minimum atomic E-state index is -0.163. The van der Waals surface area contributed by atoms with E-state index in [9.17, 15) is 4.79 Å². The lowest BCUT2D eigenvalue weighted by molar-refractivity contribution is 0.299. The van der Waals surface area contributed by atoms with Crippen molar-refractivity contribution in [3.63, 3.8) is 0 Å². The second kappa shape index (κ2) is 8.15. The maximum absolute atomic E-state index is 11.4. The van der Waals surface area contributed by atoms with E-state index in [1.165, 1.54) is 29.5 Å². The van der Waals surface area contributed by atoms with Gasteiger partial charge in [0, 0.05) is 24.5 Å². The summed E-state index contributed by atoms with van der Waals surface area (Å²) in [7, 11) is 3.96. The summed E-state index contributed by atoms with van der Waals surface area (Å²) in [5.74, 6) is 1.60. The van der Waals surface area contributed by atoms with E-state index in [1.807, 2.05) is 6.07 Å². The molecular weight excluding hydrogens is 350 g/mol. The summed E-state index contributed by atoms with van der Waals surface area (Å²) >= 11 is 0. The third-order valence-corrected chi connectivity index (χ3v) is 5.79. The number of methoxy groups -OCH3 is 1. The van der Waals surface area contributed by atoms with E-state index in [-0.39, 0.29) is 5.56 Å². The van der Waals surface area contributed by atoms with E-state index in [2.05, 4.69) is 52.5 Å². The van der Waals surface area contributed by atoms with Crippen molar-refractivity contribution in [3.05, 3.63) is 69.5 Å². The molecule has 1 atom stereocenters. The third-order valence-electron chi connectivity index (χ3n) is 5.79. The first-order valence-electron chi connectivity index (χ1n) is 9.97. The maximum atomic E-state index is 11.4. The Morgan fingerprint density at radius 2 is 2.14 bits per heavy atom. The summed E-state index contributed by atoms with van der Waals surface area (Å²) in [5, 5.41) is 7.54. The average molecular weight is 377 g/mol. The molecule has 0 spiro atoms. The van der Waals surface area contributed by atoms with Gasteiger partial charge in [0.25, 0.3) is 5.56 Å². The molecule has 3 aromatic rings. The minimum Gasteiger partial charge on any atom is -0.496 e. The van der Waals surface area contributed by atoms with Crippen LogP contribution < -0.4 is 10.3 Å². The van der Waals surface area contributed by atoms with Crippen LogP contribution in [-0.2, 0) is 12.8 Å². The number of likely N-dealkylation sites (N-methyl/N-ethyl adjacent to an activating group) is 1. The van der Waals surface area contributed by atoms with Gasteiger partial charge >= 0.3 is 0 Å². The van der Waals surface area contributed by atoms with Gasteiger partial charge in [0.15, 0.2) is 0 Å². The van der Waals surface area contributed by atoms with E-state index >= 15 is 0 Å². The molecule has 0 radical (unpaired) electrons. The number of fused-ring (bicyclic) bond motifs is 2. The van der Waals surface area contributed by atoms with Gasteiger partial charge in [-0.3, -0.25) is 4.79 Å². The third kappa shape index (κ3) is 3.94. The molecule has 0 bridgehead atoms. The first-order chi connectivity index (χ1) is 13.6. The van der Waals surface area contributed by atoms with E-state index in [0.29, 0.717) is 5.92 Å². The Hall–Kier alpha value is -2.66. The topological polar surface area (TPSA) is 58.2 Å². The van der Waals surface area contributed by atoms with Crippen molar-refractivity contribution in [2.45, 2.75) is 31.6 Å². The van der Waals surface area contributed by atoms with Crippen molar-refractivity contribution in [2.24, 2.45) is 0 Å². The number of aromatic amines is 1. The molecule has 1 heterocycles. The van der Waals surface area contributed by atoms with Crippen LogP contribution in [0.15, 0.2) is 47.3 Å². The van der Waals surface area contributed by atoms with Crippen molar-refractivity contribution in [1.29, 1.82) is 0 Å². The van der Waals surface area contributed by atoms with Gasteiger partial charge in [-0.2, -0.15) is 5.10 Å². The molecule has 0 fully saturated rings. The van der Waals surface area contributed by atoms with Crippen LogP contribution in [0.3, 0.4) is 0 Å². The van der Waals surface area contributed by atoms with Crippen LogP contribution in [0.1, 0.15) is 35.4 Å². The Kier molecular flexibility index (Phi) is 5.44. The molecule has 1 aliphatic rings. The van der Waals surface area contributed by atoms with Gasteiger partial charge in [0.05, 0.1) is 12.6 Å². The minimum absolute atomic E-state index is 0.163. The van der Waals surface area contributed by atoms with Crippen molar-refractivity contribution < 1.29 is 4.74 Å². The second-order valence-electron chi connectivity index (χ2n) is 7.75. The predicted molar refractivity (Wildman–Crippen MR) is 112 cm³/mol. The Morgan fingerprint density at radius 1 is 1.25 bits per heavy atom. The molecule has 2 aromatic carbocycles. The number of nitrogens with one attached hydrogen (secondary N) is 1. The van der Waals surface area contributed by atoms with Crippen LogP contribution >= 0.6 is 0 Å². The van der Waals surface area contributed by atoms with Crippen LogP contribution in [-0.4, -0.2) is 42.3 Å². The molecule has 0 saturated carbocycles. The molecule has 0 saturated heterocycles. The maximum Gasteiger partial charge on any atom is 0.264 e. The van der Waals surface area contributed by atoms with Gasteiger partial charge in [-0.15, -0.1) is 0 Å². The lowest BCUT2D eigenvalue weighted by Crippen LogP contribution is -2.28. The monoisotopic (exact) mass is 377 g/mol. The van der Waals surface area contributed by atoms with Crippen molar-refractivity contribution >= 4 is 10.9 Å². The molecule has 4 rings (SSSR count). The number of ether oxygens (including phenoxy) is 1. The Balaban J connectivity index is 1.41. The summed E-state index contributed by atoms with van der Waals surface area (Å²) in [5.41, 5.74) is 4.77. The molecule has 5 heteroatoms. The average Bonchev–Trinajstić information content (AvgIpc) is 2.72. The van der Waals surface area contributed by atoms with Crippen LogP contribution in [0.4, 0.5) is 0 Å². The summed E-state index contributed by atoms with van der Waals surface area (Å²) in [6.45, 7) is 2.05. The summed E-state index contributed by atoms with van der Waals surface area (Å²) in [4.78, 5) is 13.8. The zero-order valence-corrected chi connectivity index (χ0v) is 16.6. The van der Waals surface area contributed by atoms with Crippen LogP contribution in [0, 0.1) is 0 Å². The first-order valence-corrected chi connectivity index (χ1v) is 9.97. The molecule has 1 aromatic heterocycles. The highest BCUT2D eigenvalue weighted by molar-refractivity contribution is 5.78. The summed E-state index contributed by atoms with van der Waals surface area (Å²) < 4.78 is 5.57. The van der Waals surface area contributed by atoms with Gasteiger partial charge < -0.3 is 9.64 Å². The first kappa shape index (κ1) is 18.7. The molecule has 1 unspecified atom stereocenters. The standard InChI is InChI=1S/C23H27N3O2/c1-26(12-11-16-9-10-17-14-23(27)25-24-21(17)13-16)15-18-5-3-7-20-19(18)6-4-8-22(20)28-2/h4,6,8-10,13-14,18H,3,5,7,11-12,15H2,1-2H3,(H,25,27). The molecule has 28 heavy (non-hydrogen) atoms. The van der Waals surface area contributed by atoms with E-state index in [1.54, 1.807) is 13.2 Å². The molecule has 1 N–H and O–H groups in total. The summed E-state index contributed by atoms with van der Waals surface area (Å²) in [6, 6.07) is 14.2. The molecule has 146 valence electrons. The highest BCUT2D eigenvalue weighted by Crippen LogP contribution is 2.36. The van der Waals surface area contributed by atoms with Gasteiger partial charge in [0.2, 0.25) is 0 Å². The predicted octanol–water partition coefficient (Wildman–Crippen LogP) is 3.53. The highest BCUT2D eigenvalue weighted by atomic mass is 16.5. The molecule has 1 aliphatic carbocycles.